The van der Waals surface area contributed by atoms with Gasteiger partial charge in [0.05, 0.1) is 13.2 Å². The first kappa shape index (κ1) is 11.7. The summed E-state index contributed by atoms with van der Waals surface area (Å²) in [6.07, 6.45) is 2.53. The van der Waals surface area contributed by atoms with E-state index in [-0.39, 0.29) is 6.01 Å². The molecule has 1 saturated carbocycles. The van der Waals surface area contributed by atoms with Gasteiger partial charge in [-0.1, -0.05) is 12.1 Å². The van der Waals surface area contributed by atoms with Gasteiger partial charge in [-0.25, -0.2) is 4.79 Å². The zero-order valence-corrected chi connectivity index (χ0v) is 10.4. The van der Waals surface area contributed by atoms with Gasteiger partial charge >= 0.3 is 11.7 Å². The highest BCUT2D eigenvalue weighted by Crippen LogP contribution is 2.28. The van der Waals surface area contributed by atoms with Crippen LogP contribution in [0.2, 0.25) is 0 Å². The number of nitrogens with one attached hydrogen (secondary N) is 1. The van der Waals surface area contributed by atoms with Gasteiger partial charge < -0.3 is 9.47 Å². The van der Waals surface area contributed by atoms with E-state index < -0.39 is 5.69 Å². The smallest absolute Gasteiger partial charge is 0.351 e. The lowest BCUT2D eigenvalue weighted by Gasteiger charge is -2.06. The van der Waals surface area contributed by atoms with Crippen LogP contribution in [0, 0.1) is 0 Å². The maximum absolute atomic E-state index is 11.4. The average molecular weight is 259 g/mol. The molecule has 1 aliphatic rings. The summed E-state index contributed by atoms with van der Waals surface area (Å²) in [5.41, 5.74) is 0.270. The molecule has 98 valence electrons. The van der Waals surface area contributed by atoms with E-state index in [1.54, 1.807) is 0 Å². The minimum Gasteiger partial charge on any atom is -0.490 e. The van der Waals surface area contributed by atoms with Crippen LogP contribution in [0.25, 0.3) is 11.4 Å². The molecule has 3 rings (SSSR count). The normalized spacial score (nSPS) is 14.2. The maximum atomic E-state index is 11.4. The molecule has 1 fully saturated rings. The Morgan fingerprint density at radius 3 is 2.89 bits per heavy atom. The second kappa shape index (κ2) is 4.72. The van der Waals surface area contributed by atoms with Gasteiger partial charge in [0.15, 0.2) is 0 Å². The van der Waals surface area contributed by atoms with Crippen molar-refractivity contribution in [1.29, 1.82) is 0 Å². The Morgan fingerprint density at radius 2 is 2.16 bits per heavy atom. The van der Waals surface area contributed by atoms with E-state index in [0.717, 1.165) is 24.2 Å². The van der Waals surface area contributed by atoms with Crippen LogP contribution >= 0.6 is 0 Å². The van der Waals surface area contributed by atoms with E-state index in [1.165, 1.54) is 7.11 Å². The summed E-state index contributed by atoms with van der Waals surface area (Å²) in [5.74, 6) is 1.19. The molecule has 2 aromatic rings. The lowest BCUT2D eigenvalue weighted by molar-refractivity contribution is 0.303. The van der Waals surface area contributed by atoms with Gasteiger partial charge in [0.2, 0.25) is 0 Å². The number of ether oxygens (including phenoxy) is 2. The van der Waals surface area contributed by atoms with Crippen LogP contribution in [0.15, 0.2) is 29.1 Å². The molecule has 1 N–H and O–H groups in total. The summed E-state index contributed by atoms with van der Waals surface area (Å²) in [4.78, 5) is 21.7. The van der Waals surface area contributed by atoms with Gasteiger partial charge in [-0.2, -0.15) is 4.98 Å². The van der Waals surface area contributed by atoms with Crippen molar-refractivity contribution >= 4 is 0 Å². The SMILES string of the molecule is COc1nc(-c2cccc(OC3CC3)c2)[nH]c(=O)n1. The zero-order chi connectivity index (χ0) is 13.2. The van der Waals surface area contributed by atoms with Crippen molar-refractivity contribution in [3.63, 3.8) is 0 Å². The van der Waals surface area contributed by atoms with Crippen LogP contribution in [-0.2, 0) is 0 Å². The molecule has 0 aliphatic heterocycles. The second-order valence-electron chi connectivity index (χ2n) is 4.33. The summed E-state index contributed by atoms with van der Waals surface area (Å²) in [6, 6.07) is 7.48. The van der Waals surface area contributed by atoms with Crippen LogP contribution in [-0.4, -0.2) is 28.2 Å². The largest absolute Gasteiger partial charge is 0.490 e. The van der Waals surface area contributed by atoms with Crippen molar-refractivity contribution in [1.82, 2.24) is 15.0 Å². The van der Waals surface area contributed by atoms with Crippen LogP contribution in [0.3, 0.4) is 0 Å². The molecule has 0 bridgehead atoms. The first-order valence-corrected chi connectivity index (χ1v) is 6.04. The highest BCUT2D eigenvalue weighted by atomic mass is 16.5. The number of hydrogen-bond acceptors (Lipinski definition) is 5. The predicted molar refractivity (Wildman–Crippen MR) is 68.3 cm³/mol. The minimum atomic E-state index is -0.490. The Hall–Kier alpha value is -2.37. The number of nitrogens with zero attached hydrogens (tertiary/aromatic N) is 2. The molecule has 19 heavy (non-hydrogen) atoms. The molecule has 0 spiro atoms. The third-order valence-electron chi connectivity index (χ3n) is 2.75. The van der Waals surface area contributed by atoms with Gasteiger partial charge in [-0.05, 0) is 25.0 Å². The quantitative estimate of drug-likeness (QED) is 0.897. The van der Waals surface area contributed by atoms with E-state index in [0.29, 0.717) is 11.9 Å². The van der Waals surface area contributed by atoms with Gasteiger partial charge in [0.25, 0.3) is 0 Å². The topological polar surface area (TPSA) is 77.1 Å². The Labute approximate surface area is 109 Å². The molecule has 6 nitrogen and oxygen atoms in total. The first-order chi connectivity index (χ1) is 9.24. The molecule has 0 radical (unpaired) electrons. The molecule has 1 aromatic heterocycles. The molecule has 1 aliphatic carbocycles. The predicted octanol–water partition coefficient (Wildman–Crippen LogP) is 1.38. The molecule has 0 saturated heterocycles. The van der Waals surface area contributed by atoms with Crippen molar-refractivity contribution < 1.29 is 9.47 Å². The molecular formula is C13H13N3O3. The summed E-state index contributed by atoms with van der Waals surface area (Å²) in [5, 5.41) is 0. The molecule has 1 aromatic carbocycles. The minimum absolute atomic E-state index is 0.0484. The van der Waals surface area contributed by atoms with E-state index in [2.05, 4.69) is 15.0 Å². The monoisotopic (exact) mass is 259 g/mol. The summed E-state index contributed by atoms with van der Waals surface area (Å²) < 4.78 is 10.6. The third kappa shape index (κ3) is 2.73. The van der Waals surface area contributed by atoms with E-state index in [9.17, 15) is 4.79 Å². The van der Waals surface area contributed by atoms with Crippen molar-refractivity contribution in [3.8, 4) is 23.1 Å². The van der Waals surface area contributed by atoms with Crippen LogP contribution in [0.1, 0.15) is 12.8 Å². The highest BCUT2D eigenvalue weighted by molar-refractivity contribution is 5.57. The number of H-pyrrole nitrogens is 1. The summed E-state index contributed by atoms with van der Waals surface area (Å²) in [7, 11) is 1.42. The van der Waals surface area contributed by atoms with E-state index >= 15 is 0 Å². The van der Waals surface area contributed by atoms with Crippen molar-refractivity contribution in [2.45, 2.75) is 18.9 Å². The molecular weight excluding hydrogens is 246 g/mol. The Bertz CT molecular complexity index is 650. The number of aromatic amines is 1. The standard InChI is InChI=1S/C13H13N3O3/c1-18-13-15-11(14-12(17)16-13)8-3-2-4-10(7-8)19-9-5-6-9/h2-4,7,9H,5-6H2,1H3,(H,14,15,16,17). The maximum Gasteiger partial charge on any atom is 0.351 e. The fraction of sp³-hybridized carbons (Fsp3) is 0.308. The molecule has 0 atom stereocenters. The van der Waals surface area contributed by atoms with Gasteiger partial charge in [0, 0.05) is 5.56 Å². The first-order valence-electron chi connectivity index (χ1n) is 6.04. The number of benzene rings is 1. The van der Waals surface area contributed by atoms with E-state index in [1.807, 2.05) is 24.3 Å². The van der Waals surface area contributed by atoms with Gasteiger partial charge in [-0.15, -0.1) is 4.98 Å². The van der Waals surface area contributed by atoms with E-state index in [4.69, 9.17) is 9.47 Å². The highest BCUT2D eigenvalue weighted by Gasteiger charge is 2.23. The van der Waals surface area contributed by atoms with Crippen LogP contribution in [0.5, 0.6) is 11.8 Å². The third-order valence-corrected chi connectivity index (χ3v) is 2.75. The number of rotatable bonds is 4. The molecule has 6 heteroatoms. The lowest BCUT2D eigenvalue weighted by Crippen LogP contribution is -2.14. The number of aromatic nitrogens is 3. The molecule has 1 heterocycles. The summed E-state index contributed by atoms with van der Waals surface area (Å²) >= 11 is 0. The van der Waals surface area contributed by atoms with Crippen molar-refractivity contribution in [2.75, 3.05) is 7.11 Å². The van der Waals surface area contributed by atoms with Crippen LogP contribution in [0.4, 0.5) is 0 Å². The number of methoxy groups -OCH3 is 1. The fourth-order valence-electron chi connectivity index (χ4n) is 1.69. The Morgan fingerprint density at radius 1 is 1.32 bits per heavy atom. The zero-order valence-electron chi connectivity index (χ0n) is 10.4. The second-order valence-corrected chi connectivity index (χ2v) is 4.33. The van der Waals surface area contributed by atoms with Gasteiger partial charge in [0.1, 0.15) is 11.6 Å². The lowest BCUT2D eigenvalue weighted by atomic mass is 10.2. The Balaban J connectivity index is 1.96. The molecule has 0 amide bonds. The Kier molecular flexibility index (Phi) is 2.91. The number of hydrogen-bond donors (Lipinski definition) is 1. The van der Waals surface area contributed by atoms with Crippen LogP contribution < -0.4 is 15.2 Å². The van der Waals surface area contributed by atoms with Crippen molar-refractivity contribution in [3.05, 3.63) is 34.7 Å². The fourth-order valence-corrected chi connectivity index (χ4v) is 1.69. The summed E-state index contributed by atoms with van der Waals surface area (Å²) in [6.45, 7) is 0. The van der Waals surface area contributed by atoms with Gasteiger partial charge in [-0.3, -0.25) is 4.98 Å². The molecule has 0 unspecified atom stereocenters. The van der Waals surface area contributed by atoms with Crippen molar-refractivity contribution in [2.24, 2.45) is 0 Å². The average Bonchev–Trinajstić information content (AvgIpc) is 3.22.